The van der Waals surface area contributed by atoms with Gasteiger partial charge in [-0.3, -0.25) is 19.8 Å². The van der Waals surface area contributed by atoms with E-state index in [2.05, 4.69) is 10.5 Å². The minimum absolute atomic E-state index is 0.0424. The maximum atomic E-state index is 12.9. The number of rotatable bonds is 6. The fourth-order valence-electron chi connectivity index (χ4n) is 3.85. The summed E-state index contributed by atoms with van der Waals surface area (Å²) in [5.41, 5.74) is 5.31. The summed E-state index contributed by atoms with van der Waals surface area (Å²) in [5, 5.41) is 4.34. The van der Waals surface area contributed by atoms with Crippen LogP contribution in [0.4, 0.5) is 11.4 Å². The normalized spacial score (nSPS) is 19.8. The molecule has 0 saturated heterocycles. The number of nitrogens with zero attached hydrogens (tertiary/aromatic N) is 2. The first-order valence-corrected chi connectivity index (χ1v) is 10.3. The number of anilines is 2. The average Bonchev–Trinajstić information content (AvgIpc) is 2.82. The van der Waals surface area contributed by atoms with E-state index in [1.54, 1.807) is 11.8 Å². The number of benzene rings is 1. The minimum Gasteiger partial charge on any atom is -0.466 e. The number of carbonyl (C=O) groups is 3. The first kappa shape index (κ1) is 21.0. The molecule has 7 nitrogen and oxygen atoms in total. The van der Waals surface area contributed by atoms with Crippen LogP contribution in [0.2, 0.25) is 0 Å². The van der Waals surface area contributed by atoms with E-state index in [0.717, 1.165) is 36.2 Å². The van der Waals surface area contributed by atoms with Crippen LogP contribution in [0.15, 0.2) is 23.3 Å². The van der Waals surface area contributed by atoms with Crippen LogP contribution in [0.3, 0.4) is 0 Å². The lowest BCUT2D eigenvalue weighted by molar-refractivity contribution is -0.142. The number of esters is 1. The van der Waals surface area contributed by atoms with Crippen LogP contribution in [0.1, 0.15) is 64.9 Å². The van der Waals surface area contributed by atoms with Gasteiger partial charge in [-0.1, -0.05) is 6.42 Å². The summed E-state index contributed by atoms with van der Waals surface area (Å²) in [7, 11) is 0. The number of ketones is 1. The molecule has 0 radical (unpaired) electrons. The summed E-state index contributed by atoms with van der Waals surface area (Å²) in [6.07, 6.45) is 4.37. The Morgan fingerprint density at radius 1 is 1.21 bits per heavy atom. The number of carbonyl (C=O) groups excluding carboxylic acids is 3. The van der Waals surface area contributed by atoms with Crippen LogP contribution >= 0.6 is 0 Å². The van der Waals surface area contributed by atoms with Crippen molar-refractivity contribution in [1.82, 2.24) is 0 Å². The zero-order valence-electron chi connectivity index (χ0n) is 17.4. The van der Waals surface area contributed by atoms with Gasteiger partial charge in [0, 0.05) is 18.7 Å². The largest absolute Gasteiger partial charge is 0.466 e. The molecular formula is C22H29N3O4. The van der Waals surface area contributed by atoms with Crippen molar-refractivity contribution in [2.24, 2.45) is 5.10 Å². The average molecular weight is 399 g/mol. The number of Topliss-reactive ketones (excluding diaryl/α,β-unsaturated/α-hetero) is 1. The molecule has 29 heavy (non-hydrogen) atoms. The van der Waals surface area contributed by atoms with E-state index in [9.17, 15) is 14.4 Å². The monoisotopic (exact) mass is 399 g/mol. The third-order valence-corrected chi connectivity index (χ3v) is 5.54. The van der Waals surface area contributed by atoms with Crippen molar-refractivity contribution in [1.29, 1.82) is 0 Å². The highest BCUT2D eigenvalue weighted by Crippen LogP contribution is 2.42. The summed E-state index contributed by atoms with van der Waals surface area (Å²) in [6.45, 7) is 6.14. The maximum absolute atomic E-state index is 12.9. The Kier molecular flexibility index (Phi) is 6.35. The molecule has 3 rings (SSSR count). The fraction of sp³-hybridized carbons (Fsp3) is 0.545. The molecule has 0 spiro atoms. The van der Waals surface area contributed by atoms with E-state index in [0.29, 0.717) is 25.2 Å². The van der Waals surface area contributed by atoms with Gasteiger partial charge >= 0.3 is 5.97 Å². The molecule has 0 aromatic heterocycles. The zero-order valence-corrected chi connectivity index (χ0v) is 17.4. The lowest BCUT2D eigenvalue weighted by Crippen LogP contribution is -2.37. The van der Waals surface area contributed by atoms with Gasteiger partial charge in [0.05, 0.1) is 24.1 Å². The molecule has 1 N–H and O–H groups in total. The molecule has 1 saturated carbocycles. The van der Waals surface area contributed by atoms with Gasteiger partial charge in [0.15, 0.2) is 5.78 Å². The third-order valence-electron chi connectivity index (χ3n) is 5.54. The first-order valence-electron chi connectivity index (χ1n) is 10.3. The van der Waals surface area contributed by atoms with Crippen LogP contribution in [0.5, 0.6) is 0 Å². The first-order chi connectivity index (χ1) is 13.8. The van der Waals surface area contributed by atoms with Crippen LogP contribution in [0.25, 0.3) is 0 Å². The van der Waals surface area contributed by atoms with Gasteiger partial charge in [-0.05, 0) is 63.8 Å². The van der Waals surface area contributed by atoms with Gasteiger partial charge in [-0.2, -0.15) is 5.10 Å². The highest BCUT2D eigenvalue weighted by molar-refractivity contribution is 6.40. The highest BCUT2D eigenvalue weighted by atomic mass is 16.5. The van der Waals surface area contributed by atoms with Crippen molar-refractivity contribution in [2.45, 2.75) is 64.7 Å². The molecule has 1 fully saturated rings. The van der Waals surface area contributed by atoms with Gasteiger partial charge in [-0.25, -0.2) is 0 Å². The Labute approximate surface area is 171 Å². The van der Waals surface area contributed by atoms with E-state index < -0.39 is 5.41 Å². The van der Waals surface area contributed by atoms with Crippen molar-refractivity contribution in [2.75, 3.05) is 23.5 Å². The van der Waals surface area contributed by atoms with E-state index in [1.165, 1.54) is 0 Å². The van der Waals surface area contributed by atoms with Crippen LogP contribution in [-0.4, -0.2) is 36.5 Å². The second-order valence-electron chi connectivity index (χ2n) is 8.02. The summed E-state index contributed by atoms with van der Waals surface area (Å²) in [5.74, 6) is -0.246. The molecule has 0 bridgehead atoms. The molecule has 1 aromatic rings. The number of hydrazone groups is 1. The number of ether oxygens (including phenoxy) is 1. The molecule has 1 aliphatic carbocycles. The molecule has 2 aliphatic rings. The molecular weight excluding hydrogens is 370 g/mol. The Morgan fingerprint density at radius 3 is 2.72 bits per heavy atom. The summed E-state index contributed by atoms with van der Waals surface area (Å²) in [6, 6.07) is 5.61. The second-order valence-corrected chi connectivity index (χ2v) is 8.02. The lowest BCUT2D eigenvalue weighted by atomic mass is 9.86. The van der Waals surface area contributed by atoms with Crippen molar-refractivity contribution < 1.29 is 19.1 Å². The van der Waals surface area contributed by atoms with Crippen LogP contribution in [-0.2, 0) is 24.5 Å². The zero-order chi connectivity index (χ0) is 21.0. The summed E-state index contributed by atoms with van der Waals surface area (Å²) < 4.78 is 4.97. The van der Waals surface area contributed by atoms with Crippen molar-refractivity contribution in [3.63, 3.8) is 0 Å². The van der Waals surface area contributed by atoms with Gasteiger partial charge in [0.2, 0.25) is 5.91 Å². The second kappa shape index (κ2) is 8.76. The van der Waals surface area contributed by atoms with Crippen molar-refractivity contribution >= 4 is 34.7 Å². The third kappa shape index (κ3) is 4.49. The number of amides is 1. The molecule has 1 aromatic carbocycles. The number of hydrogen-bond acceptors (Lipinski definition) is 6. The van der Waals surface area contributed by atoms with Crippen LogP contribution in [0, 0.1) is 0 Å². The SMILES string of the molecule is CCOC(=O)CCN1C(=O)C(C)(C)c2cc(N/N=C3\CCCCCC3=O)ccc21. The number of fused-ring (bicyclic) bond motifs is 1. The van der Waals surface area contributed by atoms with E-state index >= 15 is 0 Å². The van der Waals surface area contributed by atoms with Gasteiger partial charge in [0.25, 0.3) is 0 Å². The van der Waals surface area contributed by atoms with Gasteiger partial charge in [0.1, 0.15) is 5.71 Å². The Balaban J connectivity index is 1.78. The molecule has 1 amide bonds. The predicted octanol–water partition coefficient (Wildman–Crippen LogP) is 3.57. The van der Waals surface area contributed by atoms with E-state index in [-0.39, 0.29) is 30.6 Å². The standard InChI is InChI=1S/C22H29N3O4/c1-4-29-20(27)12-13-25-18-11-10-15(14-16(18)22(2,3)21(25)28)23-24-17-8-6-5-7-9-19(17)26/h10-11,14,23H,4-9,12-13H2,1-3H3/b24-17+. The highest BCUT2D eigenvalue weighted by Gasteiger charge is 2.43. The molecule has 1 heterocycles. The van der Waals surface area contributed by atoms with Gasteiger partial charge < -0.3 is 9.64 Å². The fourth-order valence-corrected chi connectivity index (χ4v) is 3.85. The lowest BCUT2D eigenvalue weighted by Gasteiger charge is -2.20. The predicted molar refractivity (Wildman–Crippen MR) is 112 cm³/mol. The van der Waals surface area contributed by atoms with E-state index in [1.807, 2.05) is 32.0 Å². The Bertz CT molecular complexity index is 844. The Morgan fingerprint density at radius 2 is 1.97 bits per heavy atom. The molecule has 0 unspecified atom stereocenters. The van der Waals surface area contributed by atoms with Crippen molar-refractivity contribution in [3.05, 3.63) is 23.8 Å². The summed E-state index contributed by atoms with van der Waals surface area (Å²) in [4.78, 5) is 38.4. The van der Waals surface area contributed by atoms with Gasteiger partial charge in [-0.15, -0.1) is 0 Å². The minimum atomic E-state index is -0.701. The number of nitrogens with one attached hydrogen (secondary N) is 1. The quantitative estimate of drug-likeness (QED) is 0.449. The molecule has 7 heteroatoms. The topological polar surface area (TPSA) is 88.1 Å². The molecule has 1 aliphatic heterocycles. The molecule has 0 atom stereocenters. The summed E-state index contributed by atoms with van der Waals surface area (Å²) >= 11 is 0. The molecule has 156 valence electrons. The van der Waals surface area contributed by atoms with E-state index in [4.69, 9.17) is 4.74 Å². The van der Waals surface area contributed by atoms with Crippen LogP contribution < -0.4 is 10.3 Å². The maximum Gasteiger partial charge on any atom is 0.307 e. The number of hydrogen-bond donors (Lipinski definition) is 1. The Hall–Kier alpha value is -2.70. The smallest absolute Gasteiger partial charge is 0.307 e. The van der Waals surface area contributed by atoms with Crippen molar-refractivity contribution in [3.8, 4) is 0 Å².